The van der Waals surface area contributed by atoms with Gasteiger partial charge in [0.15, 0.2) is 0 Å². The molecule has 2 heterocycles. The van der Waals surface area contributed by atoms with Crippen molar-refractivity contribution in [3.8, 4) is 5.75 Å². The second-order valence-electron chi connectivity index (χ2n) is 7.13. The summed E-state index contributed by atoms with van der Waals surface area (Å²) in [6.45, 7) is 10.3. The van der Waals surface area contributed by atoms with Gasteiger partial charge in [0.2, 0.25) is 0 Å². The number of likely N-dealkylation sites (tertiary alicyclic amines) is 1. The van der Waals surface area contributed by atoms with Crippen LogP contribution in [0, 0.1) is 12.8 Å². The standard InChI is InChI=1S/C17H27N3O3/c1-12-5-6-15(21)14(19-12)10-18-9-13-7-8-20(11-13)16(22)23-17(2,3)4/h5-6,13,18,21H,7-11H2,1-4H3. The number of hydrogen-bond acceptors (Lipinski definition) is 5. The van der Waals surface area contributed by atoms with Gasteiger partial charge in [-0.15, -0.1) is 0 Å². The maximum absolute atomic E-state index is 12.0. The maximum Gasteiger partial charge on any atom is 0.410 e. The average molecular weight is 321 g/mol. The molecule has 0 radical (unpaired) electrons. The van der Waals surface area contributed by atoms with Crippen LogP contribution in [0.4, 0.5) is 4.79 Å². The highest BCUT2D eigenvalue weighted by atomic mass is 16.6. The predicted molar refractivity (Wildman–Crippen MR) is 88.3 cm³/mol. The van der Waals surface area contributed by atoms with E-state index in [1.807, 2.05) is 27.7 Å². The van der Waals surface area contributed by atoms with Crippen molar-refractivity contribution in [2.45, 2.75) is 46.3 Å². The Labute approximate surface area is 137 Å². The van der Waals surface area contributed by atoms with Crippen LogP contribution in [0.25, 0.3) is 0 Å². The Bertz CT molecular complexity index is 555. The number of amides is 1. The van der Waals surface area contributed by atoms with Crippen LogP contribution in [-0.4, -0.2) is 46.3 Å². The summed E-state index contributed by atoms with van der Waals surface area (Å²) in [7, 11) is 0. The number of aromatic hydroxyl groups is 1. The Morgan fingerprint density at radius 2 is 2.22 bits per heavy atom. The molecule has 1 fully saturated rings. The van der Waals surface area contributed by atoms with Crippen LogP contribution in [0.1, 0.15) is 38.6 Å². The molecule has 23 heavy (non-hydrogen) atoms. The van der Waals surface area contributed by atoms with Crippen LogP contribution in [0.5, 0.6) is 5.75 Å². The lowest BCUT2D eigenvalue weighted by atomic mass is 10.1. The minimum atomic E-state index is -0.457. The van der Waals surface area contributed by atoms with E-state index in [4.69, 9.17) is 4.74 Å². The lowest BCUT2D eigenvalue weighted by Gasteiger charge is -2.24. The first kappa shape index (κ1) is 17.5. The Morgan fingerprint density at radius 3 is 2.91 bits per heavy atom. The van der Waals surface area contributed by atoms with Crippen molar-refractivity contribution in [3.63, 3.8) is 0 Å². The summed E-state index contributed by atoms with van der Waals surface area (Å²) in [6, 6.07) is 3.45. The van der Waals surface area contributed by atoms with Crippen molar-refractivity contribution in [3.05, 3.63) is 23.5 Å². The number of rotatable bonds is 4. The van der Waals surface area contributed by atoms with E-state index in [-0.39, 0.29) is 11.8 Å². The zero-order valence-electron chi connectivity index (χ0n) is 14.4. The third kappa shape index (κ3) is 5.39. The average Bonchev–Trinajstić information content (AvgIpc) is 2.90. The molecule has 1 aliphatic rings. The van der Waals surface area contributed by atoms with Crippen molar-refractivity contribution < 1.29 is 14.6 Å². The van der Waals surface area contributed by atoms with Gasteiger partial charge in [-0.25, -0.2) is 4.79 Å². The highest BCUT2D eigenvalue weighted by Gasteiger charge is 2.29. The molecule has 0 bridgehead atoms. The largest absolute Gasteiger partial charge is 0.506 e. The van der Waals surface area contributed by atoms with Crippen molar-refractivity contribution in [2.75, 3.05) is 19.6 Å². The minimum absolute atomic E-state index is 0.213. The molecule has 0 spiro atoms. The van der Waals surface area contributed by atoms with E-state index in [1.54, 1.807) is 17.0 Å². The number of pyridine rings is 1. The first-order chi connectivity index (χ1) is 10.7. The molecule has 1 aromatic rings. The highest BCUT2D eigenvalue weighted by molar-refractivity contribution is 5.68. The van der Waals surface area contributed by atoms with Crippen molar-refractivity contribution in [1.82, 2.24) is 15.2 Å². The Hall–Kier alpha value is -1.82. The summed E-state index contributed by atoms with van der Waals surface area (Å²) in [5.41, 5.74) is 1.09. The number of carbonyl (C=O) groups is 1. The fourth-order valence-electron chi connectivity index (χ4n) is 2.62. The Morgan fingerprint density at radius 1 is 1.48 bits per heavy atom. The van der Waals surface area contributed by atoms with E-state index in [0.717, 1.165) is 25.2 Å². The minimum Gasteiger partial charge on any atom is -0.506 e. The summed E-state index contributed by atoms with van der Waals surface area (Å²) in [5, 5.41) is 13.1. The van der Waals surface area contributed by atoms with Gasteiger partial charge in [0.05, 0.1) is 5.69 Å². The Balaban J connectivity index is 1.76. The van der Waals surface area contributed by atoms with Crippen molar-refractivity contribution in [1.29, 1.82) is 0 Å². The van der Waals surface area contributed by atoms with Gasteiger partial charge in [0, 0.05) is 31.9 Å². The normalized spacial score (nSPS) is 18.3. The lowest BCUT2D eigenvalue weighted by molar-refractivity contribution is 0.0288. The number of hydrogen-bond donors (Lipinski definition) is 2. The van der Waals surface area contributed by atoms with Gasteiger partial charge in [0.1, 0.15) is 11.4 Å². The molecule has 1 saturated heterocycles. The van der Waals surface area contributed by atoms with Gasteiger partial charge >= 0.3 is 6.09 Å². The van der Waals surface area contributed by atoms with Gasteiger partial charge in [0.25, 0.3) is 0 Å². The van der Waals surface area contributed by atoms with E-state index in [1.165, 1.54) is 0 Å². The molecular formula is C17H27N3O3. The summed E-state index contributed by atoms with van der Waals surface area (Å²) in [6.07, 6.45) is 0.720. The number of aromatic nitrogens is 1. The molecule has 1 amide bonds. The third-order valence-corrected chi connectivity index (χ3v) is 3.75. The number of ether oxygens (including phenoxy) is 1. The zero-order valence-corrected chi connectivity index (χ0v) is 14.4. The lowest BCUT2D eigenvalue weighted by Crippen LogP contribution is -2.36. The summed E-state index contributed by atoms with van der Waals surface area (Å²) < 4.78 is 5.40. The molecule has 1 unspecified atom stereocenters. The fraction of sp³-hybridized carbons (Fsp3) is 0.647. The third-order valence-electron chi connectivity index (χ3n) is 3.75. The van der Waals surface area contributed by atoms with E-state index in [9.17, 15) is 9.90 Å². The molecule has 1 aliphatic heterocycles. The molecule has 1 atom stereocenters. The van der Waals surface area contributed by atoms with E-state index in [2.05, 4.69) is 10.3 Å². The first-order valence-corrected chi connectivity index (χ1v) is 8.09. The predicted octanol–water partition coefficient (Wildman–Crippen LogP) is 2.44. The maximum atomic E-state index is 12.0. The van der Waals surface area contributed by atoms with E-state index < -0.39 is 5.60 Å². The van der Waals surface area contributed by atoms with Crippen LogP contribution in [-0.2, 0) is 11.3 Å². The quantitative estimate of drug-likeness (QED) is 0.891. The highest BCUT2D eigenvalue weighted by Crippen LogP contribution is 2.19. The number of carbonyl (C=O) groups excluding carboxylic acids is 1. The van der Waals surface area contributed by atoms with Crippen LogP contribution in [0.15, 0.2) is 12.1 Å². The molecule has 0 aromatic carbocycles. The molecular weight excluding hydrogens is 294 g/mol. The molecule has 6 nitrogen and oxygen atoms in total. The summed E-state index contributed by atoms with van der Waals surface area (Å²) >= 11 is 0. The second-order valence-corrected chi connectivity index (χ2v) is 7.13. The van der Waals surface area contributed by atoms with Crippen LogP contribution in [0.2, 0.25) is 0 Å². The van der Waals surface area contributed by atoms with Gasteiger partial charge in [-0.3, -0.25) is 4.98 Å². The van der Waals surface area contributed by atoms with Gasteiger partial charge in [-0.2, -0.15) is 0 Å². The first-order valence-electron chi connectivity index (χ1n) is 8.09. The second kappa shape index (κ2) is 7.17. The van der Waals surface area contributed by atoms with E-state index >= 15 is 0 Å². The molecule has 2 rings (SSSR count). The molecule has 2 N–H and O–H groups in total. The molecule has 6 heteroatoms. The molecule has 1 aromatic heterocycles. The molecule has 0 aliphatic carbocycles. The van der Waals surface area contributed by atoms with Crippen LogP contribution < -0.4 is 5.32 Å². The van der Waals surface area contributed by atoms with Gasteiger partial charge in [-0.1, -0.05) is 0 Å². The van der Waals surface area contributed by atoms with Crippen molar-refractivity contribution in [2.24, 2.45) is 5.92 Å². The Kier molecular flexibility index (Phi) is 5.46. The summed E-state index contributed by atoms with van der Waals surface area (Å²) in [5.74, 6) is 0.611. The van der Waals surface area contributed by atoms with Crippen LogP contribution in [0.3, 0.4) is 0 Å². The SMILES string of the molecule is Cc1ccc(O)c(CNCC2CCN(C(=O)OC(C)(C)C)C2)n1. The van der Waals surface area contributed by atoms with Gasteiger partial charge in [-0.05, 0) is 52.2 Å². The number of nitrogens with one attached hydrogen (secondary N) is 1. The van der Waals surface area contributed by atoms with Crippen molar-refractivity contribution >= 4 is 6.09 Å². The van der Waals surface area contributed by atoms with Crippen LogP contribution >= 0.6 is 0 Å². The van der Waals surface area contributed by atoms with Gasteiger partial charge < -0.3 is 20.1 Å². The smallest absolute Gasteiger partial charge is 0.410 e. The zero-order chi connectivity index (χ0) is 17.0. The van der Waals surface area contributed by atoms with E-state index in [0.29, 0.717) is 24.7 Å². The molecule has 128 valence electrons. The molecule has 0 saturated carbocycles. The number of nitrogens with zero attached hydrogens (tertiary/aromatic N) is 2. The summed E-state index contributed by atoms with van der Waals surface area (Å²) in [4.78, 5) is 18.1. The monoisotopic (exact) mass is 321 g/mol. The topological polar surface area (TPSA) is 74.7 Å². The fourth-order valence-corrected chi connectivity index (χ4v) is 2.62. The number of aryl methyl sites for hydroxylation is 1.